The van der Waals surface area contributed by atoms with Gasteiger partial charge in [-0.15, -0.1) is 11.3 Å². The van der Waals surface area contributed by atoms with Crippen molar-refractivity contribution in [1.82, 2.24) is 4.68 Å². The third-order valence-corrected chi connectivity index (χ3v) is 5.55. The van der Waals surface area contributed by atoms with Crippen molar-refractivity contribution in [2.24, 2.45) is 10.1 Å². The summed E-state index contributed by atoms with van der Waals surface area (Å²) in [7, 11) is 0. The molecule has 0 aliphatic carbocycles. The van der Waals surface area contributed by atoms with E-state index in [9.17, 15) is 10.1 Å². The molecule has 0 fully saturated rings. The average molecular weight is 444 g/mol. The van der Waals surface area contributed by atoms with Gasteiger partial charge in [0.05, 0.1) is 18.8 Å². The predicted octanol–water partition coefficient (Wildman–Crippen LogP) is 5.45. The van der Waals surface area contributed by atoms with Gasteiger partial charge in [0.2, 0.25) is 4.80 Å². The van der Waals surface area contributed by atoms with E-state index in [2.05, 4.69) is 5.10 Å². The van der Waals surface area contributed by atoms with Crippen LogP contribution in [-0.4, -0.2) is 15.8 Å². The summed E-state index contributed by atoms with van der Waals surface area (Å²) in [5.74, 6) is 0.569. The van der Waals surface area contributed by atoms with E-state index in [1.54, 1.807) is 4.68 Å². The van der Waals surface area contributed by atoms with Gasteiger partial charge in [-0.05, 0) is 23.8 Å². The van der Waals surface area contributed by atoms with E-state index in [1.165, 1.54) is 29.7 Å². The molecule has 0 bridgehead atoms. The molecule has 9 heteroatoms. The molecule has 0 atom stereocenters. The molecule has 5 aromatic rings. The van der Waals surface area contributed by atoms with Crippen molar-refractivity contribution in [3.05, 3.63) is 104 Å². The lowest BCUT2D eigenvalue weighted by Crippen LogP contribution is -2.12. The molecular formula is C23H16N4O4S. The fourth-order valence-corrected chi connectivity index (χ4v) is 3.98. The molecule has 0 saturated heterocycles. The number of hydrogen-bond donors (Lipinski definition) is 0. The van der Waals surface area contributed by atoms with Gasteiger partial charge >= 0.3 is 5.88 Å². The number of fused-ring (bicyclic) bond motifs is 1. The van der Waals surface area contributed by atoms with Gasteiger partial charge in [-0.25, -0.2) is 4.68 Å². The van der Waals surface area contributed by atoms with Crippen molar-refractivity contribution >= 4 is 34.4 Å². The monoisotopic (exact) mass is 444 g/mol. The average Bonchev–Trinajstić information content (AvgIpc) is 3.54. The maximum absolute atomic E-state index is 10.9. The molecule has 3 aromatic heterocycles. The Balaban J connectivity index is 1.57. The van der Waals surface area contributed by atoms with Gasteiger partial charge in [-0.1, -0.05) is 48.5 Å². The van der Waals surface area contributed by atoms with Gasteiger partial charge in [0.25, 0.3) is 0 Å². The maximum Gasteiger partial charge on any atom is 0.433 e. The summed E-state index contributed by atoms with van der Waals surface area (Å²) in [5.41, 5.74) is 2.56. The number of benzene rings is 2. The molecule has 0 radical (unpaired) electrons. The van der Waals surface area contributed by atoms with Crippen molar-refractivity contribution in [1.29, 1.82) is 0 Å². The Hall–Kier alpha value is -4.24. The summed E-state index contributed by atoms with van der Waals surface area (Å²) in [5, 5.41) is 18.3. The van der Waals surface area contributed by atoms with Gasteiger partial charge in [0, 0.05) is 10.8 Å². The largest absolute Gasteiger partial charge is 0.454 e. The lowest BCUT2D eigenvalue weighted by atomic mass is 10.2. The van der Waals surface area contributed by atoms with Crippen LogP contribution in [0.2, 0.25) is 0 Å². The van der Waals surface area contributed by atoms with Crippen LogP contribution in [0.4, 0.5) is 5.88 Å². The van der Waals surface area contributed by atoms with E-state index < -0.39 is 4.92 Å². The van der Waals surface area contributed by atoms with Crippen LogP contribution in [-0.2, 0) is 6.54 Å². The van der Waals surface area contributed by atoms with Crippen LogP contribution in [0.1, 0.15) is 11.3 Å². The van der Waals surface area contributed by atoms with Gasteiger partial charge in [0.1, 0.15) is 16.2 Å². The zero-order valence-corrected chi connectivity index (χ0v) is 17.4. The number of nitro groups is 1. The Kier molecular flexibility index (Phi) is 5.22. The number of rotatable bonds is 6. The molecular weight excluding hydrogens is 428 g/mol. The highest BCUT2D eigenvalue weighted by molar-refractivity contribution is 7.07. The second-order valence-electron chi connectivity index (χ2n) is 6.84. The van der Waals surface area contributed by atoms with Crippen LogP contribution >= 0.6 is 11.3 Å². The fourth-order valence-electron chi connectivity index (χ4n) is 3.16. The minimum Gasteiger partial charge on any atom is -0.454 e. The smallest absolute Gasteiger partial charge is 0.433 e. The van der Waals surface area contributed by atoms with E-state index >= 15 is 0 Å². The van der Waals surface area contributed by atoms with Crippen LogP contribution < -0.4 is 4.80 Å². The summed E-state index contributed by atoms with van der Waals surface area (Å²) < 4.78 is 12.9. The fraction of sp³-hybridized carbons (Fsp3) is 0.0435. The number of para-hydroxylation sites is 1. The minimum atomic E-state index is -0.588. The predicted molar refractivity (Wildman–Crippen MR) is 122 cm³/mol. The van der Waals surface area contributed by atoms with E-state index in [0.29, 0.717) is 17.1 Å². The van der Waals surface area contributed by atoms with Crippen LogP contribution in [0, 0.1) is 10.1 Å². The Morgan fingerprint density at radius 3 is 2.62 bits per heavy atom. The molecule has 158 valence electrons. The zero-order chi connectivity index (χ0) is 21.9. The minimum absolute atomic E-state index is 0.264. The second-order valence-corrected chi connectivity index (χ2v) is 7.68. The van der Waals surface area contributed by atoms with Gasteiger partial charge in [0.15, 0.2) is 11.5 Å². The second kappa shape index (κ2) is 8.48. The van der Waals surface area contributed by atoms with Crippen molar-refractivity contribution in [3.63, 3.8) is 0 Å². The summed E-state index contributed by atoms with van der Waals surface area (Å²) >= 11 is 1.43. The van der Waals surface area contributed by atoms with Crippen molar-refractivity contribution in [3.8, 4) is 11.5 Å². The number of aromatic nitrogens is 1. The van der Waals surface area contributed by atoms with E-state index in [4.69, 9.17) is 13.8 Å². The van der Waals surface area contributed by atoms with Crippen LogP contribution in [0.5, 0.6) is 0 Å². The Bertz CT molecular complexity index is 1460. The number of thiazole rings is 1. The summed E-state index contributed by atoms with van der Waals surface area (Å²) in [6.07, 6.45) is 1.42. The first-order chi connectivity index (χ1) is 15.7. The quantitative estimate of drug-likeness (QED) is 0.198. The number of nitrogens with zero attached hydrogens (tertiary/aromatic N) is 4. The van der Waals surface area contributed by atoms with Crippen molar-refractivity contribution in [2.75, 3.05) is 0 Å². The first kappa shape index (κ1) is 19.7. The molecule has 8 nitrogen and oxygen atoms in total. The lowest BCUT2D eigenvalue weighted by molar-refractivity contribution is -0.402. The number of furan rings is 2. The lowest BCUT2D eigenvalue weighted by Gasteiger charge is -2.00. The van der Waals surface area contributed by atoms with E-state index in [1.807, 2.05) is 66.0 Å². The van der Waals surface area contributed by atoms with Crippen molar-refractivity contribution in [2.45, 2.75) is 6.54 Å². The molecule has 0 unspecified atom stereocenters. The molecule has 32 heavy (non-hydrogen) atoms. The normalized spacial score (nSPS) is 12.2. The van der Waals surface area contributed by atoms with E-state index in [0.717, 1.165) is 22.2 Å². The molecule has 0 N–H and O–H groups in total. The zero-order valence-electron chi connectivity index (χ0n) is 16.6. The number of hydrogen-bond acceptors (Lipinski definition) is 7. The summed E-state index contributed by atoms with van der Waals surface area (Å²) in [6.45, 7) is 0.489. The van der Waals surface area contributed by atoms with Crippen LogP contribution in [0.15, 0.2) is 97.1 Å². The van der Waals surface area contributed by atoms with Crippen LogP contribution in [0.25, 0.3) is 22.4 Å². The molecule has 0 aliphatic heterocycles. The summed E-state index contributed by atoms with van der Waals surface area (Å²) in [6, 6.07) is 22.4. The molecule has 0 saturated carbocycles. The third-order valence-electron chi connectivity index (χ3n) is 4.70. The molecule has 2 aromatic carbocycles. The van der Waals surface area contributed by atoms with Gasteiger partial charge in [-0.3, -0.25) is 15.1 Å². The Labute approximate surface area is 185 Å². The van der Waals surface area contributed by atoms with E-state index in [-0.39, 0.29) is 11.6 Å². The highest BCUT2D eigenvalue weighted by Gasteiger charge is 2.14. The SMILES string of the molecule is O=[N+]([O-])c1ccc(C=Nn2c(-c3cc4ccccc4o3)csc2=NCc2ccccc2)o1. The highest BCUT2D eigenvalue weighted by atomic mass is 32.1. The Morgan fingerprint density at radius 2 is 1.84 bits per heavy atom. The first-order valence-electron chi connectivity index (χ1n) is 9.70. The topological polar surface area (TPSA) is 99.1 Å². The highest BCUT2D eigenvalue weighted by Crippen LogP contribution is 2.28. The summed E-state index contributed by atoms with van der Waals surface area (Å²) in [4.78, 5) is 15.7. The third kappa shape index (κ3) is 4.01. The molecule has 5 rings (SSSR count). The molecule has 3 heterocycles. The standard InChI is InChI=1S/C23H16N4O4S/c28-27(29)22-11-10-18(30-22)14-25-26-19(21-12-17-8-4-5-9-20(17)31-21)15-32-23(26)24-13-16-6-2-1-3-7-16/h1-12,14-15H,13H2. The van der Waals surface area contributed by atoms with Gasteiger partial charge < -0.3 is 8.83 Å². The molecule has 0 amide bonds. The van der Waals surface area contributed by atoms with Crippen molar-refractivity contribution < 1.29 is 13.8 Å². The first-order valence-corrected chi connectivity index (χ1v) is 10.6. The molecule has 0 aliphatic rings. The Morgan fingerprint density at radius 1 is 1.03 bits per heavy atom. The van der Waals surface area contributed by atoms with Gasteiger partial charge in [-0.2, -0.15) is 5.10 Å². The molecule has 0 spiro atoms. The maximum atomic E-state index is 10.9. The van der Waals surface area contributed by atoms with Crippen LogP contribution in [0.3, 0.4) is 0 Å².